The van der Waals surface area contributed by atoms with Crippen molar-refractivity contribution in [2.24, 2.45) is 0 Å². The Morgan fingerprint density at radius 3 is 2.50 bits per heavy atom. The van der Waals surface area contributed by atoms with E-state index in [9.17, 15) is 0 Å². The van der Waals surface area contributed by atoms with E-state index in [2.05, 4.69) is 65.2 Å². The van der Waals surface area contributed by atoms with Crippen LogP contribution >= 0.6 is 0 Å². The lowest BCUT2D eigenvalue weighted by atomic mass is 10.0. The minimum Gasteiger partial charge on any atom is -0.369 e. The number of likely N-dealkylation sites (N-methyl/N-ethyl adjacent to an activating group) is 1. The Balaban J connectivity index is 1.88. The molecule has 0 N–H and O–H groups in total. The van der Waals surface area contributed by atoms with Gasteiger partial charge in [-0.15, -0.1) is 0 Å². The Hall–Kier alpha value is -1.87. The number of aryl methyl sites for hydroxylation is 1. The Kier molecular flexibility index (Phi) is 3.70. The lowest BCUT2D eigenvalue weighted by Crippen LogP contribution is -2.44. The standard InChI is InChI=1S/C17H21N3/c1-14-5-3-4-6-16(14)17-13-15(7-8-18-17)20-11-9-19(2)10-12-20/h3-8,13H,9-12H2,1-2H3. The summed E-state index contributed by atoms with van der Waals surface area (Å²) >= 11 is 0. The van der Waals surface area contributed by atoms with Gasteiger partial charge in [0.05, 0.1) is 5.69 Å². The molecule has 3 nitrogen and oxygen atoms in total. The van der Waals surface area contributed by atoms with Gasteiger partial charge >= 0.3 is 0 Å². The Bertz CT molecular complexity index is 586. The zero-order chi connectivity index (χ0) is 13.9. The van der Waals surface area contributed by atoms with E-state index in [4.69, 9.17) is 0 Å². The monoisotopic (exact) mass is 267 g/mol. The maximum Gasteiger partial charge on any atom is 0.0725 e. The molecule has 0 saturated carbocycles. The first-order valence-electron chi connectivity index (χ1n) is 7.19. The molecule has 104 valence electrons. The fourth-order valence-electron chi connectivity index (χ4n) is 2.69. The van der Waals surface area contributed by atoms with Crippen molar-refractivity contribution >= 4 is 5.69 Å². The molecule has 3 rings (SSSR count). The highest BCUT2D eigenvalue weighted by Crippen LogP contribution is 2.25. The van der Waals surface area contributed by atoms with E-state index in [0.29, 0.717) is 0 Å². The lowest BCUT2D eigenvalue weighted by Gasteiger charge is -2.34. The number of pyridine rings is 1. The number of hydrogen-bond acceptors (Lipinski definition) is 3. The average molecular weight is 267 g/mol. The summed E-state index contributed by atoms with van der Waals surface area (Å²) in [5, 5.41) is 0. The van der Waals surface area contributed by atoms with E-state index in [1.54, 1.807) is 0 Å². The number of aromatic nitrogens is 1. The predicted molar refractivity (Wildman–Crippen MR) is 84.1 cm³/mol. The molecule has 3 heteroatoms. The van der Waals surface area contributed by atoms with Crippen molar-refractivity contribution in [1.82, 2.24) is 9.88 Å². The number of benzene rings is 1. The van der Waals surface area contributed by atoms with Gasteiger partial charge in [0, 0.05) is 43.6 Å². The summed E-state index contributed by atoms with van der Waals surface area (Å²) in [5.74, 6) is 0. The quantitative estimate of drug-likeness (QED) is 0.834. The Morgan fingerprint density at radius 2 is 1.75 bits per heavy atom. The van der Waals surface area contributed by atoms with Crippen LogP contribution in [-0.4, -0.2) is 43.1 Å². The van der Waals surface area contributed by atoms with Crippen LogP contribution in [-0.2, 0) is 0 Å². The molecule has 0 aliphatic carbocycles. The van der Waals surface area contributed by atoms with Crippen LogP contribution in [0, 0.1) is 6.92 Å². The van der Waals surface area contributed by atoms with Crippen molar-refractivity contribution in [3.05, 3.63) is 48.2 Å². The zero-order valence-electron chi connectivity index (χ0n) is 12.2. The van der Waals surface area contributed by atoms with Crippen molar-refractivity contribution in [1.29, 1.82) is 0 Å². The predicted octanol–water partition coefficient (Wildman–Crippen LogP) is 2.81. The molecule has 1 saturated heterocycles. The summed E-state index contributed by atoms with van der Waals surface area (Å²) in [7, 11) is 2.18. The number of nitrogens with zero attached hydrogens (tertiary/aromatic N) is 3. The second-order valence-electron chi connectivity index (χ2n) is 5.50. The van der Waals surface area contributed by atoms with Crippen molar-refractivity contribution < 1.29 is 0 Å². The van der Waals surface area contributed by atoms with Gasteiger partial charge in [0.1, 0.15) is 0 Å². The molecule has 0 radical (unpaired) electrons. The van der Waals surface area contributed by atoms with Crippen LogP contribution in [0.15, 0.2) is 42.6 Å². The Morgan fingerprint density at radius 1 is 1.00 bits per heavy atom. The molecule has 1 aliphatic heterocycles. The summed E-state index contributed by atoms with van der Waals surface area (Å²) in [6, 6.07) is 12.8. The highest BCUT2D eigenvalue weighted by molar-refractivity contribution is 5.67. The molecule has 0 bridgehead atoms. The SMILES string of the molecule is Cc1ccccc1-c1cc(N2CCN(C)CC2)ccn1. The van der Waals surface area contributed by atoms with Crippen LogP contribution in [0.5, 0.6) is 0 Å². The Labute approximate surface area is 120 Å². The molecule has 0 unspecified atom stereocenters. The molecule has 1 aromatic carbocycles. The van der Waals surface area contributed by atoms with Gasteiger partial charge in [-0.3, -0.25) is 4.98 Å². The van der Waals surface area contributed by atoms with Crippen LogP contribution in [0.2, 0.25) is 0 Å². The number of anilines is 1. The topological polar surface area (TPSA) is 19.4 Å². The molecule has 0 atom stereocenters. The molecular weight excluding hydrogens is 246 g/mol. The van der Waals surface area contributed by atoms with E-state index in [1.807, 2.05) is 6.20 Å². The first-order chi connectivity index (χ1) is 9.74. The van der Waals surface area contributed by atoms with Gasteiger partial charge in [-0.1, -0.05) is 24.3 Å². The molecule has 1 fully saturated rings. The summed E-state index contributed by atoms with van der Waals surface area (Å²) in [6.07, 6.45) is 1.93. The summed E-state index contributed by atoms with van der Waals surface area (Å²) in [5.41, 5.74) is 4.85. The van der Waals surface area contributed by atoms with Crippen molar-refractivity contribution in [2.75, 3.05) is 38.1 Å². The van der Waals surface area contributed by atoms with Gasteiger partial charge in [0.15, 0.2) is 0 Å². The number of hydrogen-bond donors (Lipinski definition) is 0. The van der Waals surface area contributed by atoms with E-state index < -0.39 is 0 Å². The smallest absolute Gasteiger partial charge is 0.0725 e. The molecular formula is C17H21N3. The third-order valence-electron chi connectivity index (χ3n) is 4.03. The second kappa shape index (κ2) is 5.63. The van der Waals surface area contributed by atoms with Crippen LogP contribution < -0.4 is 4.90 Å². The molecule has 0 amide bonds. The maximum absolute atomic E-state index is 4.54. The van der Waals surface area contributed by atoms with Crippen LogP contribution in [0.25, 0.3) is 11.3 Å². The second-order valence-corrected chi connectivity index (χ2v) is 5.50. The molecule has 1 aromatic heterocycles. The van der Waals surface area contributed by atoms with Gasteiger partial charge < -0.3 is 9.80 Å². The fourth-order valence-corrected chi connectivity index (χ4v) is 2.69. The van der Waals surface area contributed by atoms with E-state index in [0.717, 1.165) is 31.9 Å². The first kappa shape index (κ1) is 13.1. The highest BCUT2D eigenvalue weighted by atomic mass is 15.2. The van der Waals surface area contributed by atoms with Crippen LogP contribution in [0.4, 0.5) is 5.69 Å². The molecule has 1 aliphatic rings. The van der Waals surface area contributed by atoms with Gasteiger partial charge in [0.2, 0.25) is 0 Å². The van der Waals surface area contributed by atoms with Crippen LogP contribution in [0.3, 0.4) is 0 Å². The van der Waals surface area contributed by atoms with Gasteiger partial charge in [-0.25, -0.2) is 0 Å². The normalized spacial score (nSPS) is 16.4. The largest absolute Gasteiger partial charge is 0.369 e. The van der Waals surface area contributed by atoms with Crippen LogP contribution in [0.1, 0.15) is 5.56 Å². The molecule has 0 spiro atoms. The first-order valence-corrected chi connectivity index (χ1v) is 7.19. The van der Waals surface area contributed by atoms with Gasteiger partial charge in [-0.05, 0) is 31.7 Å². The lowest BCUT2D eigenvalue weighted by molar-refractivity contribution is 0.313. The third-order valence-corrected chi connectivity index (χ3v) is 4.03. The molecule has 2 heterocycles. The summed E-state index contributed by atoms with van der Waals surface area (Å²) < 4.78 is 0. The van der Waals surface area contributed by atoms with E-state index in [-0.39, 0.29) is 0 Å². The number of piperazine rings is 1. The highest BCUT2D eigenvalue weighted by Gasteiger charge is 2.15. The maximum atomic E-state index is 4.54. The van der Waals surface area contributed by atoms with E-state index in [1.165, 1.54) is 16.8 Å². The average Bonchev–Trinajstić information content (AvgIpc) is 2.49. The van der Waals surface area contributed by atoms with Crippen molar-refractivity contribution in [3.63, 3.8) is 0 Å². The summed E-state index contributed by atoms with van der Waals surface area (Å²) in [4.78, 5) is 9.37. The van der Waals surface area contributed by atoms with Crippen molar-refractivity contribution in [2.45, 2.75) is 6.92 Å². The van der Waals surface area contributed by atoms with Gasteiger partial charge in [-0.2, -0.15) is 0 Å². The minimum absolute atomic E-state index is 1.07. The zero-order valence-corrected chi connectivity index (χ0v) is 12.2. The third kappa shape index (κ3) is 2.68. The van der Waals surface area contributed by atoms with Gasteiger partial charge in [0.25, 0.3) is 0 Å². The minimum atomic E-state index is 1.07. The van der Waals surface area contributed by atoms with E-state index >= 15 is 0 Å². The molecule has 2 aromatic rings. The van der Waals surface area contributed by atoms with Crippen molar-refractivity contribution in [3.8, 4) is 11.3 Å². The number of rotatable bonds is 2. The fraction of sp³-hybridized carbons (Fsp3) is 0.353. The summed E-state index contributed by atoms with van der Waals surface area (Å²) in [6.45, 7) is 6.57. The molecule has 20 heavy (non-hydrogen) atoms.